The van der Waals surface area contributed by atoms with Gasteiger partial charge in [0.05, 0.1) is 5.56 Å². The zero-order valence-corrected chi connectivity index (χ0v) is 9.00. The normalized spacial score (nSPS) is 12.3. The lowest BCUT2D eigenvalue weighted by atomic mass is 10.1. The molecule has 0 atom stereocenters. The average Bonchev–Trinajstić information content (AvgIpc) is 2.15. The summed E-state index contributed by atoms with van der Waals surface area (Å²) in [6, 6.07) is 4.05. The molecule has 1 aromatic rings. The highest BCUT2D eigenvalue weighted by Gasteiger charge is 2.59. The van der Waals surface area contributed by atoms with Gasteiger partial charge < -0.3 is 11.1 Å². The fourth-order valence-electron chi connectivity index (χ4n) is 1.15. The first-order chi connectivity index (χ1) is 7.66. The molecule has 0 aliphatic carbocycles. The molecule has 0 aromatic heterocycles. The van der Waals surface area contributed by atoms with Gasteiger partial charge in [-0.15, -0.1) is 0 Å². The first-order valence-electron chi connectivity index (χ1n) is 4.27. The van der Waals surface area contributed by atoms with E-state index in [2.05, 4.69) is 17.5 Å². The lowest BCUT2D eigenvalue weighted by Gasteiger charge is -2.22. The fraction of sp³-hybridized carbons (Fsp3) is 0.222. The van der Waals surface area contributed by atoms with Gasteiger partial charge in [0.25, 0.3) is 0 Å². The van der Waals surface area contributed by atoms with Gasteiger partial charge in [-0.2, -0.15) is 22.0 Å². The van der Waals surface area contributed by atoms with Crippen molar-refractivity contribution in [2.75, 3.05) is 5.32 Å². The molecule has 94 valence electrons. The fourth-order valence-corrected chi connectivity index (χ4v) is 1.26. The third-order valence-electron chi connectivity index (χ3n) is 1.88. The van der Waals surface area contributed by atoms with E-state index in [9.17, 15) is 22.0 Å². The quantitative estimate of drug-likeness (QED) is 0.641. The Kier molecular flexibility index (Phi) is 3.56. The van der Waals surface area contributed by atoms with Crippen LogP contribution in [0, 0.1) is 0 Å². The molecule has 17 heavy (non-hydrogen) atoms. The number of para-hydroxylation sites is 1. The summed E-state index contributed by atoms with van der Waals surface area (Å²) in [6.45, 7) is 0. The van der Waals surface area contributed by atoms with Crippen LogP contribution in [0.15, 0.2) is 24.3 Å². The Balaban J connectivity index is 3.26. The first-order valence-corrected chi connectivity index (χ1v) is 4.67. The van der Waals surface area contributed by atoms with E-state index in [4.69, 9.17) is 5.73 Å². The number of thiocarbonyl (C=S) groups is 1. The second-order valence-corrected chi connectivity index (χ2v) is 3.55. The maximum atomic E-state index is 13.1. The van der Waals surface area contributed by atoms with E-state index in [0.29, 0.717) is 6.07 Å². The van der Waals surface area contributed by atoms with Crippen LogP contribution in [0.25, 0.3) is 0 Å². The van der Waals surface area contributed by atoms with E-state index in [1.807, 2.05) is 0 Å². The zero-order chi connectivity index (χ0) is 13.3. The Bertz CT molecular complexity index is 430. The van der Waals surface area contributed by atoms with Gasteiger partial charge in [-0.05, 0) is 18.3 Å². The molecule has 1 rings (SSSR count). The molecular formula is C9H7F5N2S. The molecule has 0 amide bonds. The molecule has 3 N–H and O–H groups in total. The van der Waals surface area contributed by atoms with Gasteiger partial charge in [0.2, 0.25) is 0 Å². The van der Waals surface area contributed by atoms with E-state index >= 15 is 0 Å². The lowest BCUT2D eigenvalue weighted by molar-refractivity contribution is -0.289. The Morgan fingerprint density at radius 1 is 1.12 bits per heavy atom. The summed E-state index contributed by atoms with van der Waals surface area (Å²) >= 11 is 4.39. The van der Waals surface area contributed by atoms with Crippen molar-refractivity contribution in [2.24, 2.45) is 5.73 Å². The van der Waals surface area contributed by atoms with Crippen LogP contribution >= 0.6 is 12.2 Å². The van der Waals surface area contributed by atoms with Gasteiger partial charge in [0, 0.05) is 5.69 Å². The van der Waals surface area contributed by atoms with Crippen molar-refractivity contribution >= 4 is 23.0 Å². The largest absolute Gasteiger partial charge is 0.458 e. The standard InChI is InChI=1S/C9H7F5N2S/c10-8(11,9(12,13)14)5-3-1-2-4-6(5)16-7(15)17/h1-4H,(H3,15,16,17). The maximum absolute atomic E-state index is 13.1. The number of rotatable bonds is 2. The van der Waals surface area contributed by atoms with Crippen molar-refractivity contribution in [1.82, 2.24) is 0 Å². The maximum Gasteiger partial charge on any atom is 0.458 e. The van der Waals surface area contributed by atoms with Crippen molar-refractivity contribution in [3.05, 3.63) is 29.8 Å². The molecule has 0 unspecified atom stereocenters. The van der Waals surface area contributed by atoms with Crippen LogP contribution in [0.5, 0.6) is 0 Å². The number of nitrogens with one attached hydrogen (secondary N) is 1. The smallest absolute Gasteiger partial charge is 0.376 e. The molecule has 0 fully saturated rings. The van der Waals surface area contributed by atoms with Crippen molar-refractivity contribution < 1.29 is 22.0 Å². The minimum Gasteiger partial charge on any atom is -0.376 e. The summed E-state index contributed by atoms with van der Waals surface area (Å²) in [6.07, 6.45) is -5.68. The van der Waals surface area contributed by atoms with Gasteiger partial charge in [-0.25, -0.2) is 0 Å². The highest BCUT2D eigenvalue weighted by Crippen LogP contribution is 2.46. The number of hydrogen-bond acceptors (Lipinski definition) is 1. The van der Waals surface area contributed by atoms with E-state index < -0.39 is 28.5 Å². The molecule has 8 heteroatoms. The Morgan fingerprint density at radius 3 is 2.12 bits per heavy atom. The number of halogens is 5. The van der Waals surface area contributed by atoms with Crippen LogP contribution in [0.1, 0.15) is 5.56 Å². The third-order valence-corrected chi connectivity index (χ3v) is 1.98. The minimum atomic E-state index is -5.68. The average molecular weight is 270 g/mol. The predicted octanol–water partition coefficient (Wildman–Crippen LogP) is 3.00. The van der Waals surface area contributed by atoms with Gasteiger partial charge in [-0.3, -0.25) is 0 Å². The summed E-state index contributed by atoms with van der Waals surface area (Å²) in [5, 5.41) is 1.69. The molecule has 0 spiro atoms. The van der Waals surface area contributed by atoms with E-state index in [0.717, 1.165) is 12.1 Å². The molecule has 0 saturated heterocycles. The Labute approximate surface area is 98.6 Å². The third kappa shape index (κ3) is 2.82. The second-order valence-electron chi connectivity index (χ2n) is 3.11. The summed E-state index contributed by atoms with van der Waals surface area (Å²) in [4.78, 5) is 0. The van der Waals surface area contributed by atoms with Crippen LogP contribution in [0.4, 0.5) is 27.6 Å². The highest BCUT2D eigenvalue weighted by atomic mass is 32.1. The van der Waals surface area contributed by atoms with Crippen LogP contribution < -0.4 is 11.1 Å². The van der Waals surface area contributed by atoms with Gasteiger partial charge in [-0.1, -0.05) is 18.2 Å². The molecule has 1 aromatic carbocycles. The SMILES string of the molecule is NC(=S)Nc1ccccc1C(F)(F)C(F)(F)F. The number of alkyl halides is 5. The Hall–Kier alpha value is -1.44. The first kappa shape index (κ1) is 13.6. The number of benzene rings is 1. The van der Waals surface area contributed by atoms with E-state index in [-0.39, 0.29) is 0 Å². The van der Waals surface area contributed by atoms with Gasteiger partial charge in [0.15, 0.2) is 5.11 Å². The highest BCUT2D eigenvalue weighted by molar-refractivity contribution is 7.80. The summed E-state index contributed by atoms with van der Waals surface area (Å²) in [5.41, 5.74) is 3.35. The molecule has 0 bridgehead atoms. The number of nitrogens with two attached hydrogens (primary N) is 1. The monoisotopic (exact) mass is 270 g/mol. The second kappa shape index (κ2) is 4.44. The van der Waals surface area contributed by atoms with Crippen molar-refractivity contribution in [3.63, 3.8) is 0 Å². The molecule has 2 nitrogen and oxygen atoms in total. The molecule has 0 radical (unpaired) electrons. The number of anilines is 1. The van der Waals surface area contributed by atoms with Crippen LogP contribution in [-0.2, 0) is 5.92 Å². The summed E-state index contributed by atoms with van der Waals surface area (Å²) in [5.74, 6) is -4.97. The lowest BCUT2D eigenvalue weighted by Crippen LogP contribution is -2.35. The number of hydrogen-bond donors (Lipinski definition) is 2. The van der Waals surface area contributed by atoms with Gasteiger partial charge in [0.1, 0.15) is 0 Å². The van der Waals surface area contributed by atoms with Crippen molar-refractivity contribution in [1.29, 1.82) is 0 Å². The van der Waals surface area contributed by atoms with Crippen molar-refractivity contribution in [3.8, 4) is 0 Å². The molecule has 0 saturated carbocycles. The van der Waals surface area contributed by atoms with Crippen LogP contribution in [-0.4, -0.2) is 11.3 Å². The molecule has 0 aliphatic rings. The van der Waals surface area contributed by atoms with E-state index in [1.54, 1.807) is 0 Å². The van der Waals surface area contributed by atoms with Crippen LogP contribution in [0.3, 0.4) is 0 Å². The summed E-state index contributed by atoms with van der Waals surface area (Å²) in [7, 11) is 0. The zero-order valence-electron chi connectivity index (χ0n) is 8.18. The van der Waals surface area contributed by atoms with Gasteiger partial charge >= 0.3 is 12.1 Å². The molecule has 0 aliphatic heterocycles. The minimum absolute atomic E-state index is 0.393. The van der Waals surface area contributed by atoms with Crippen molar-refractivity contribution in [2.45, 2.75) is 12.1 Å². The van der Waals surface area contributed by atoms with E-state index in [1.165, 1.54) is 6.07 Å². The predicted molar refractivity (Wildman–Crippen MR) is 56.8 cm³/mol. The molecular weight excluding hydrogens is 263 g/mol. The Morgan fingerprint density at radius 2 is 1.65 bits per heavy atom. The van der Waals surface area contributed by atoms with Crippen LogP contribution in [0.2, 0.25) is 0 Å². The topological polar surface area (TPSA) is 38.0 Å². The molecule has 0 heterocycles. The summed E-state index contributed by atoms with van der Waals surface area (Å²) < 4.78 is 62.8.